The zero-order chi connectivity index (χ0) is 22.8. The highest BCUT2D eigenvalue weighted by atomic mass is 32.2. The molecular formula is C24H26N2O4S. The van der Waals surface area contributed by atoms with Crippen molar-refractivity contribution in [3.05, 3.63) is 82.4 Å². The number of nitrogens with one attached hydrogen (secondary N) is 2. The summed E-state index contributed by atoms with van der Waals surface area (Å²) in [5, 5.41) is 2.80. The van der Waals surface area contributed by atoms with Crippen LogP contribution in [0.1, 0.15) is 32.6 Å². The third-order valence-electron chi connectivity index (χ3n) is 4.98. The Morgan fingerprint density at radius 3 is 2.10 bits per heavy atom. The largest absolute Gasteiger partial charge is 0.495 e. The minimum absolute atomic E-state index is 0.0530. The quantitative estimate of drug-likeness (QED) is 0.568. The van der Waals surface area contributed by atoms with Gasteiger partial charge in [0.05, 0.1) is 23.4 Å². The number of rotatable bonds is 6. The average molecular weight is 439 g/mol. The van der Waals surface area contributed by atoms with E-state index in [1.54, 1.807) is 37.3 Å². The number of aryl methyl sites for hydroxylation is 4. The van der Waals surface area contributed by atoms with Crippen molar-refractivity contribution in [1.82, 2.24) is 0 Å². The van der Waals surface area contributed by atoms with E-state index in [1.165, 1.54) is 13.2 Å². The van der Waals surface area contributed by atoms with E-state index >= 15 is 0 Å². The highest BCUT2D eigenvalue weighted by Gasteiger charge is 2.21. The maximum atomic E-state index is 13.1. The van der Waals surface area contributed by atoms with E-state index in [9.17, 15) is 13.2 Å². The lowest BCUT2D eigenvalue weighted by molar-refractivity contribution is 0.102. The van der Waals surface area contributed by atoms with Crippen LogP contribution in [0.4, 0.5) is 11.4 Å². The van der Waals surface area contributed by atoms with Crippen molar-refractivity contribution in [2.45, 2.75) is 32.6 Å². The number of benzene rings is 3. The van der Waals surface area contributed by atoms with Gasteiger partial charge in [-0.25, -0.2) is 8.42 Å². The number of methoxy groups -OCH3 is 1. The topological polar surface area (TPSA) is 84.5 Å². The van der Waals surface area contributed by atoms with Crippen molar-refractivity contribution < 1.29 is 17.9 Å². The zero-order valence-corrected chi connectivity index (χ0v) is 19.1. The summed E-state index contributed by atoms with van der Waals surface area (Å²) in [4.78, 5) is 12.9. The first kappa shape index (κ1) is 22.4. The second-order valence-corrected chi connectivity index (χ2v) is 9.21. The van der Waals surface area contributed by atoms with Gasteiger partial charge in [-0.05, 0) is 80.3 Å². The van der Waals surface area contributed by atoms with E-state index in [1.807, 2.05) is 39.0 Å². The predicted octanol–water partition coefficient (Wildman–Crippen LogP) is 4.98. The molecule has 0 radical (unpaired) electrons. The Bertz CT molecular complexity index is 1250. The van der Waals surface area contributed by atoms with Gasteiger partial charge >= 0.3 is 0 Å². The van der Waals surface area contributed by atoms with Gasteiger partial charge in [-0.15, -0.1) is 0 Å². The van der Waals surface area contributed by atoms with Gasteiger partial charge in [0.1, 0.15) is 5.75 Å². The minimum Gasteiger partial charge on any atom is -0.495 e. The maximum Gasteiger partial charge on any atom is 0.262 e. The van der Waals surface area contributed by atoms with Crippen LogP contribution >= 0.6 is 0 Å². The molecule has 0 unspecified atom stereocenters. The first-order chi connectivity index (χ1) is 14.6. The zero-order valence-electron chi connectivity index (χ0n) is 18.2. The van der Waals surface area contributed by atoms with Gasteiger partial charge in [0.15, 0.2) is 0 Å². The van der Waals surface area contributed by atoms with Gasteiger partial charge in [0.2, 0.25) is 0 Å². The van der Waals surface area contributed by atoms with Crippen LogP contribution in [0.15, 0.2) is 59.5 Å². The number of carbonyl (C=O) groups excluding carboxylic acids is 1. The van der Waals surface area contributed by atoms with Crippen LogP contribution in [0.5, 0.6) is 5.75 Å². The van der Waals surface area contributed by atoms with Gasteiger partial charge in [0, 0.05) is 5.56 Å². The van der Waals surface area contributed by atoms with E-state index in [0.29, 0.717) is 22.7 Å². The normalized spacial score (nSPS) is 11.1. The molecule has 162 valence electrons. The van der Waals surface area contributed by atoms with Crippen LogP contribution in [-0.4, -0.2) is 21.4 Å². The molecule has 7 heteroatoms. The molecule has 3 rings (SSSR count). The maximum absolute atomic E-state index is 13.1. The fraction of sp³-hybridized carbons (Fsp3) is 0.208. The minimum atomic E-state index is -3.89. The first-order valence-electron chi connectivity index (χ1n) is 9.77. The van der Waals surface area contributed by atoms with Crippen LogP contribution < -0.4 is 14.8 Å². The predicted molar refractivity (Wildman–Crippen MR) is 124 cm³/mol. The molecule has 0 fully saturated rings. The van der Waals surface area contributed by atoms with E-state index < -0.39 is 15.9 Å². The molecule has 2 N–H and O–H groups in total. The number of amides is 1. The molecule has 3 aromatic rings. The van der Waals surface area contributed by atoms with Gasteiger partial charge < -0.3 is 10.1 Å². The molecule has 0 aliphatic carbocycles. The molecule has 0 spiro atoms. The molecule has 0 bridgehead atoms. The summed E-state index contributed by atoms with van der Waals surface area (Å²) < 4.78 is 34.2. The fourth-order valence-corrected chi connectivity index (χ4v) is 4.58. The Kier molecular flexibility index (Phi) is 6.36. The van der Waals surface area contributed by atoms with Gasteiger partial charge in [-0.1, -0.05) is 24.3 Å². The summed E-state index contributed by atoms with van der Waals surface area (Å²) in [6, 6.07) is 15.6. The van der Waals surface area contributed by atoms with Crippen molar-refractivity contribution in [2.24, 2.45) is 0 Å². The van der Waals surface area contributed by atoms with Crippen LogP contribution in [-0.2, 0) is 10.0 Å². The Labute approximate surface area is 183 Å². The molecule has 0 aliphatic rings. The van der Waals surface area contributed by atoms with E-state index in [4.69, 9.17) is 4.74 Å². The number of hydrogen-bond acceptors (Lipinski definition) is 4. The third kappa shape index (κ3) is 5.06. The third-order valence-corrected chi connectivity index (χ3v) is 6.49. The number of anilines is 2. The van der Waals surface area contributed by atoms with E-state index in [0.717, 1.165) is 16.7 Å². The molecular weight excluding hydrogens is 412 g/mol. The number of hydrogen-bond donors (Lipinski definition) is 2. The monoisotopic (exact) mass is 438 g/mol. The second-order valence-electron chi connectivity index (χ2n) is 7.56. The second kappa shape index (κ2) is 8.81. The average Bonchev–Trinajstić information content (AvgIpc) is 2.71. The van der Waals surface area contributed by atoms with E-state index in [2.05, 4.69) is 10.0 Å². The smallest absolute Gasteiger partial charge is 0.262 e. The number of sulfonamides is 1. The lowest BCUT2D eigenvalue weighted by Crippen LogP contribution is -2.18. The summed E-state index contributed by atoms with van der Waals surface area (Å²) in [6.45, 7) is 7.34. The highest BCUT2D eigenvalue weighted by Crippen LogP contribution is 2.27. The molecule has 3 aromatic carbocycles. The lowest BCUT2D eigenvalue weighted by Gasteiger charge is -2.15. The Hall–Kier alpha value is -3.32. The molecule has 1 amide bonds. The lowest BCUT2D eigenvalue weighted by atomic mass is 10.1. The highest BCUT2D eigenvalue weighted by molar-refractivity contribution is 7.92. The Balaban J connectivity index is 1.93. The molecule has 0 aliphatic heterocycles. The summed E-state index contributed by atoms with van der Waals surface area (Å²) in [5.41, 5.74) is 4.52. The van der Waals surface area contributed by atoms with Crippen LogP contribution in [0.3, 0.4) is 0 Å². The summed E-state index contributed by atoms with van der Waals surface area (Å²) >= 11 is 0. The van der Waals surface area contributed by atoms with Crippen LogP contribution in [0.25, 0.3) is 0 Å². The van der Waals surface area contributed by atoms with Crippen LogP contribution in [0.2, 0.25) is 0 Å². The van der Waals surface area contributed by atoms with Crippen molar-refractivity contribution in [1.29, 1.82) is 0 Å². The molecule has 31 heavy (non-hydrogen) atoms. The van der Waals surface area contributed by atoms with Gasteiger partial charge in [-0.3, -0.25) is 9.52 Å². The van der Waals surface area contributed by atoms with Gasteiger partial charge in [0.25, 0.3) is 15.9 Å². The SMILES string of the molecule is COc1ccc(C)cc1NC(=O)c1ccc(C)c(S(=O)(=O)Nc2cc(C)ccc2C)c1. The Morgan fingerprint density at radius 2 is 1.42 bits per heavy atom. The van der Waals surface area contributed by atoms with Crippen molar-refractivity contribution >= 4 is 27.3 Å². The van der Waals surface area contributed by atoms with Crippen molar-refractivity contribution in [2.75, 3.05) is 17.1 Å². The molecule has 0 atom stereocenters. The molecule has 0 saturated carbocycles. The summed E-state index contributed by atoms with van der Waals surface area (Å²) in [6.07, 6.45) is 0. The molecule has 0 aromatic heterocycles. The van der Waals surface area contributed by atoms with Crippen molar-refractivity contribution in [3.63, 3.8) is 0 Å². The summed E-state index contributed by atoms with van der Waals surface area (Å²) in [7, 11) is -2.36. The fourth-order valence-electron chi connectivity index (χ4n) is 3.19. The number of carbonyl (C=O) groups is 1. The molecule has 0 heterocycles. The van der Waals surface area contributed by atoms with Crippen molar-refractivity contribution in [3.8, 4) is 5.75 Å². The number of ether oxygens (including phenoxy) is 1. The standard InChI is InChI=1S/C24H26N2O4S/c1-15-6-8-17(3)20(12-15)26-31(28,29)23-14-19(10-9-18(23)4)24(27)25-21-13-16(2)7-11-22(21)30-5/h6-14,26H,1-5H3,(H,25,27). The van der Waals surface area contributed by atoms with Crippen LogP contribution in [0, 0.1) is 27.7 Å². The first-order valence-corrected chi connectivity index (χ1v) is 11.3. The summed E-state index contributed by atoms with van der Waals surface area (Å²) in [5.74, 6) is 0.0996. The Morgan fingerprint density at radius 1 is 0.806 bits per heavy atom. The molecule has 6 nitrogen and oxygen atoms in total. The van der Waals surface area contributed by atoms with Gasteiger partial charge in [-0.2, -0.15) is 0 Å². The van der Waals surface area contributed by atoms with E-state index in [-0.39, 0.29) is 10.5 Å². The molecule has 0 saturated heterocycles.